The van der Waals surface area contributed by atoms with Gasteiger partial charge in [0.1, 0.15) is 0 Å². The first-order chi connectivity index (χ1) is 7.65. The number of hydrogen-bond acceptors (Lipinski definition) is 1. The Hall–Kier alpha value is -0.800. The van der Waals surface area contributed by atoms with Crippen LogP contribution in [0.4, 0.5) is 0 Å². The molecule has 0 aliphatic heterocycles. The van der Waals surface area contributed by atoms with E-state index in [0.29, 0.717) is 0 Å². The van der Waals surface area contributed by atoms with Crippen LogP contribution in [0.1, 0.15) is 25.5 Å². The van der Waals surface area contributed by atoms with Gasteiger partial charge in [0.2, 0.25) is 0 Å². The van der Waals surface area contributed by atoms with Crippen LogP contribution in [0.15, 0.2) is 28.7 Å². The van der Waals surface area contributed by atoms with Gasteiger partial charge in [-0.15, -0.1) is 0 Å². The Labute approximate surface area is 104 Å². The van der Waals surface area contributed by atoms with Gasteiger partial charge in [0.25, 0.3) is 0 Å². The number of aromatic nitrogens is 1. The Bertz CT molecular complexity index is 476. The third kappa shape index (κ3) is 2.86. The highest BCUT2D eigenvalue weighted by Crippen LogP contribution is 2.21. The number of aliphatic hydroxyl groups excluding tert-OH is 1. The lowest BCUT2D eigenvalue weighted by atomic mass is 10.1. The van der Waals surface area contributed by atoms with Crippen molar-refractivity contribution in [3.05, 3.63) is 34.4 Å². The zero-order valence-electron chi connectivity index (χ0n) is 9.33. The fourth-order valence-electron chi connectivity index (χ4n) is 1.89. The molecule has 86 valence electrons. The van der Waals surface area contributed by atoms with E-state index < -0.39 is 0 Å². The van der Waals surface area contributed by atoms with Gasteiger partial charge in [-0.2, -0.15) is 0 Å². The predicted molar refractivity (Wildman–Crippen MR) is 70.6 cm³/mol. The van der Waals surface area contributed by atoms with Crippen molar-refractivity contribution in [1.82, 2.24) is 4.98 Å². The number of fused-ring (bicyclic) bond motifs is 1. The molecular formula is C13H16BrNO. The Morgan fingerprint density at radius 3 is 2.94 bits per heavy atom. The molecule has 0 fully saturated rings. The van der Waals surface area contributed by atoms with Crippen LogP contribution in [-0.2, 0) is 6.42 Å². The molecule has 0 saturated heterocycles. The zero-order valence-corrected chi connectivity index (χ0v) is 10.9. The van der Waals surface area contributed by atoms with E-state index in [2.05, 4.69) is 39.1 Å². The molecule has 1 atom stereocenters. The summed E-state index contributed by atoms with van der Waals surface area (Å²) < 4.78 is 1.11. The van der Waals surface area contributed by atoms with E-state index in [-0.39, 0.29) is 6.10 Å². The number of benzene rings is 1. The smallest absolute Gasteiger partial charge is 0.0512 e. The largest absolute Gasteiger partial charge is 0.393 e. The van der Waals surface area contributed by atoms with Crippen LogP contribution in [0.5, 0.6) is 0 Å². The van der Waals surface area contributed by atoms with Crippen molar-refractivity contribution in [2.24, 2.45) is 0 Å². The second-order valence-corrected chi connectivity index (χ2v) is 5.18. The summed E-state index contributed by atoms with van der Waals surface area (Å²) in [7, 11) is 0. The van der Waals surface area contributed by atoms with Crippen LogP contribution in [-0.4, -0.2) is 16.2 Å². The fraction of sp³-hybridized carbons (Fsp3) is 0.385. The van der Waals surface area contributed by atoms with Crippen LogP contribution in [0.25, 0.3) is 10.9 Å². The number of aromatic amines is 1. The number of nitrogens with one attached hydrogen (secondary N) is 1. The summed E-state index contributed by atoms with van der Waals surface area (Å²) in [5.74, 6) is 0. The van der Waals surface area contributed by atoms with E-state index in [9.17, 15) is 5.11 Å². The summed E-state index contributed by atoms with van der Waals surface area (Å²) in [6, 6.07) is 8.42. The number of halogens is 1. The van der Waals surface area contributed by atoms with Crippen molar-refractivity contribution in [2.75, 3.05) is 0 Å². The van der Waals surface area contributed by atoms with Gasteiger partial charge in [-0.3, -0.25) is 0 Å². The molecule has 1 heterocycles. The molecule has 2 aromatic rings. The third-order valence-corrected chi connectivity index (χ3v) is 3.20. The van der Waals surface area contributed by atoms with E-state index in [1.54, 1.807) is 0 Å². The monoisotopic (exact) mass is 281 g/mol. The Kier molecular flexibility index (Phi) is 3.66. The minimum Gasteiger partial charge on any atom is -0.393 e. The summed E-state index contributed by atoms with van der Waals surface area (Å²) in [6.07, 6.45) is 2.68. The molecule has 0 amide bonds. The molecule has 0 saturated carbocycles. The van der Waals surface area contributed by atoms with Gasteiger partial charge >= 0.3 is 0 Å². The Balaban J connectivity index is 2.08. The predicted octanol–water partition coefficient (Wildman–Crippen LogP) is 3.63. The molecule has 2 N–H and O–H groups in total. The molecule has 0 aliphatic rings. The van der Waals surface area contributed by atoms with Crippen LogP contribution in [0, 0.1) is 0 Å². The summed E-state index contributed by atoms with van der Waals surface area (Å²) in [4.78, 5) is 3.39. The lowest BCUT2D eigenvalue weighted by Crippen LogP contribution is -1.99. The minimum atomic E-state index is -0.196. The maximum atomic E-state index is 9.19. The molecule has 1 aromatic carbocycles. The molecule has 0 radical (unpaired) electrons. The highest BCUT2D eigenvalue weighted by molar-refractivity contribution is 9.10. The quantitative estimate of drug-likeness (QED) is 0.882. The minimum absolute atomic E-state index is 0.196. The Morgan fingerprint density at radius 1 is 1.38 bits per heavy atom. The third-order valence-electron chi connectivity index (χ3n) is 2.71. The van der Waals surface area contributed by atoms with E-state index in [0.717, 1.165) is 23.7 Å². The maximum absolute atomic E-state index is 9.19. The standard InChI is InChI=1S/C13H16BrNO/c1-9(16)3-2-4-12-8-10-7-11(14)5-6-13(10)15-12/h5-9,15-16H,2-4H2,1H3. The van der Waals surface area contributed by atoms with Gasteiger partial charge in [0.05, 0.1) is 6.10 Å². The molecule has 2 rings (SSSR count). The van der Waals surface area contributed by atoms with Crippen molar-refractivity contribution < 1.29 is 5.11 Å². The highest BCUT2D eigenvalue weighted by Gasteiger charge is 2.02. The normalized spacial score (nSPS) is 13.2. The van der Waals surface area contributed by atoms with Gasteiger partial charge in [0.15, 0.2) is 0 Å². The first-order valence-corrected chi connectivity index (χ1v) is 6.39. The summed E-state index contributed by atoms with van der Waals surface area (Å²) in [6.45, 7) is 1.84. The summed E-state index contributed by atoms with van der Waals surface area (Å²) in [5, 5.41) is 10.4. The van der Waals surface area contributed by atoms with Crippen molar-refractivity contribution in [3.8, 4) is 0 Å². The van der Waals surface area contributed by atoms with E-state index >= 15 is 0 Å². The topological polar surface area (TPSA) is 36.0 Å². The van der Waals surface area contributed by atoms with Gasteiger partial charge in [-0.25, -0.2) is 0 Å². The molecule has 0 spiro atoms. The summed E-state index contributed by atoms with van der Waals surface area (Å²) >= 11 is 3.47. The molecule has 1 aromatic heterocycles. The highest BCUT2D eigenvalue weighted by atomic mass is 79.9. The van der Waals surface area contributed by atoms with E-state index in [4.69, 9.17) is 0 Å². The number of rotatable bonds is 4. The molecule has 16 heavy (non-hydrogen) atoms. The zero-order chi connectivity index (χ0) is 11.5. The van der Waals surface area contributed by atoms with Crippen molar-refractivity contribution in [2.45, 2.75) is 32.3 Å². The number of hydrogen-bond donors (Lipinski definition) is 2. The molecule has 0 bridgehead atoms. The van der Waals surface area contributed by atoms with Crippen LogP contribution >= 0.6 is 15.9 Å². The second kappa shape index (κ2) is 5.02. The van der Waals surface area contributed by atoms with Crippen LogP contribution < -0.4 is 0 Å². The molecule has 3 heteroatoms. The average Bonchev–Trinajstić information content (AvgIpc) is 2.58. The lowest BCUT2D eigenvalue weighted by molar-refractivity contribution is 0.181. The van der Waals surface area contributed by atoms with Crippen molar-refractivity contribution >= 4 is 26.8 Å². The number of aliphatic hydroxyl groups is 1. The van der Waals surface area contributed by atoms with Gasteiger partial charge in [0, 0.05) is 21.1 Å². The lowest BCUT2D eigenvalue weighted by Gasteiger charge is -2.01. The first-order valence-electron chi connectivity index (χ1n) is 5.60. The van der Waals surface area contributed by atoms with Gasteiger partial charge < -0.3 is 10.1 Å². The SMILES string of the molecule is CC(O)CCCc1cc2cc(Br)ccc2[nH]1. The molecule has 2 nitrogen and oxygen atoms in total. The number of H-pyrrole nitrogens is 1. The van der Waals surface area contributed by atoms with Gasteiger partial charge in [-0.05, 0) is 50.5 Å². The molecular weight excluding hydrogens is 266 g/mol. The second-order valence-electron chi connectivity index (χ2n) is 4.27. The Morgan fingerprint density at radius 2 is 2.19 bits per heavy atom. The van der Waals surface area contributed by atoms with Crippen molar-refractivity contribution in [3.63, 3.8) is 0 Å². The van der Waals surface area contributed by atoms with Gasteiger partial charge in [-0.1, -0.05) is 15.9 Å². The molecule has 0 aliphatic carbocycles. The van der Waals surface area contributed by atoms with E-state index in [1.165, 1.54) is 16.6 Å². The average molecular weight is 282 g/mol. The van der Waals surface area contributed by atoms with Crippen LogP contribution in [0.3, 0.4) is 0 Å². The van der Waals surface area contributed by atoms with Crippen molar-refractivity contribution in [1.29, 1.82) is 0 Å². The molecule has 1 unspecified atom stereocenters. The maximum Gasteiger partial charge on any atom is 0.0512 e. The number of aryl methyl sites for hydroxylation is 1. The summed E-state index contributed by atoms with van der Waals surface area (Å²) in [5.41, 5.74) is 2.42. The van der Waals surface area contributed by atoms with E-state index in [1.807, 2.05) is 13.0 Å². The fourth-order valence-corrected chi connectivity index (χ4v) is 2.26. The van der Waals surface area contributed by atoms with Crippen LogP contribution in [0.2, 0.25) is 0 Å². The first kappa shape index (κ1) is 11.7.